The first kappa shape index (κ1) is 32.1. The second kappa shape index (κ2) is 11.2. The molecule has 0 saturated heterocycles. The Bertz CT molecular complexity index is 2040. The summed E-state index contributed by atoms with van der Waals surface area (Å²) in [7, 11) is -3.80. The minimum absolute atomic E-state index is 0.0406. The largest absolute Gasteiger partial charge is 0.489 e. The van der Waals surface area contributed by atoms with Crippen molar-refractivity contribution in [2.45, 2.75) is 42.2 Å². The molecule has 11 nitrogen and oxygen atoms in total. The first-order valence-corrected chi connectivity index (χ1v) is 15.8. The Morgan fingerprint density at radius 3 is 2.47 bits per heavy atom. The molecule has 3 heterocycles. The number of halogens is 4. The second-order valence-corrected chi connectivity index (χ2v) is 13.7. The lowest BCUT2D eigenvalue weighted by molar-refractivity contribution is -0.265. The van der Waals surface area contributed by atoms with Crippen LogP contribution >= 0.6 is 0 Å². The molecule has 0 unspecified atom stereocenters. The second-order valence-electron chi connectivity index (χ2n) is 11.7. The van der Waals surface area contributed by atoms with Crippen LogP contribution in [0.3, 0.4) is 0 Å². The lowest BCUT2D eigenvalue weighted by atomic mass is 9.81. The summed E-state index contributed by atoms with van der Waals surface area (Å²) in [4.78, 5) is 34.0. The maximum Gasteiger partial charge on any atom is 0.424 e. The summed E-state index contributed by atoms with van der Waals surface area (Å²) in [6.45, 7) is -0.411. The number of benzene rings is 2. The van der Waals surface area contributed by atoms with Crippen molar-refractivity contribution < 1.29 is 45.4 Å². The number of nitrogens with zero attached hydrogens (tertiary/aromatic N) is 2. The van der Waals surface area contributed by atoms with E-state index in [4.69, 9.17) is 10.5 Å². The number of rotatable bonds is 9. The molecule has 47 heavy (non-hydrogen) atoms. The highest BCUT2D eigenvalue weighted by atomic mass is 32.2. The first-order chi connectivity index (χ1) is 22.0. The number of hydrogen-bond donors (Lipinski definition) is 4. The third-order valence-corrected chi connectivity index (χ3v) is 10.2. The molecule has 2 amide bonds. The van der Waals surface area contributed by atoms with Crippen molar-refractivity contribution in [2.75, 3.05) is 17.9 Å². The van der Waals surface area contributed by atoms with Crippen molar-refractivity contribution in [3.63, 3.8) is 0 Å². The Hall–Kier alpha value is -4.83. The number of aromatic nitrogens is 2. The van der Waals surface area contributed by atoms with Crippen LogP contribution in [0.1, 0.15) is 41.4 Å². The minimum Gasteiger partial charge on any atom is -0.489 e. The number of amides is 2. The molecule has 1 aliphatic heterocycles. The number of fused-ring (bicyclic) bond motifs is 2. The van der Waals surface area contributed by atoms with Gasteiger partial charge in [0.05, 0.1) is 28.7 Å². The van der Waals surface area contributed by atoms with E-state index in [-0.39, 0.29) is 45.9 Å². The van der Waals surface area contributed by atoms with E-state index in [9.17, 15) is 40.7 Å². The minimum atomic E-state index is -5.43. The molecule has 0 bridgehead atoms. The SMILES string of the molecule is C[C@]1(C(N)=O)COc2c1cc([C@@](O)(CNC(=O)c1cc(NS(=O)(=O)C3CC3)c3ncccc3c1)C(F)(F)F)nc2-c1ccc(F)cc1. The fourth-order valence-electron chi connectivity index (χ4n) is 5.27. The van der Waals surface area contributed by atoms with Gasteiger partial charge in [0.15, 0.2) is 0 Å². The zero-order valence-corrected chi connectivity index (χ0v) is 25.4. The van der Waals surface area contributed by atoms with Gasteiger partial charge < -0.3 is 20.9 Å². The number of nitrogens with one attached hydrogen (secondary N) is 2. The molecule has 0 spiro atoms. The van der Waals surface area contributed by atoms with Crippen LogP contribution in [-0.4, -0.2) is 59.9 Å². The zero-order chi connectivity index (χ0) is 33.9. The van der Waals surface area contributed by atoms with Gasteiger partial charge in [-0.05, 0) is 68.3 Å². The lowest BCUT2D eigenvalue weighted by Gasteiger charge is -2.31. The number of aliphatic hydroxyl groups is 1. The number of nitrogens with two attached hydrogens (primary N) is 1. The highest BCUT2D eigenvalue weighted by molar-refractivity contribution is 7.93. The van der Waals surface area contributed by atoms with Gasteiger partial charge in [-0.1, -0.05) is 6.07 Å². The number of hydrogen-bond acceptors (Lipinski definition) is 8. The van der Waals surface area contributed by atoms with Gasteiger partial charge >= 0.3 is 6.18 Å². The van der Waals surface area contributed by atoms with Crippen molar-refractivity contribution in [2.24, 2.45) is 5.73 Å². The van der Waals surface area contributed by atoms with E-state index in [1.54, 1.807) is 6.07 Å². The zero-order valence-electron chi connectivity index (χ0n) is 24.6. The van der Waals surface area contributed by atoms with Crippen LogP contribution in [0.25, 0.3) is 22.2 Å². The van der Waals surface area contributed by atoms with E-state index < -0.39 is 62.3 Å². The van der Waals surface area contributed by atoms with Gasteiger partial charge in [-0.3, -0.25) is 19.3 Å². The molecule has 1 aliphatic carbocycles. The van der Waals surface area contributed by atoms with Crippen molar-refractivity contribution in [1.29, 1.82) is 0 Å². The van der Waals surface area contributed by atoms with Crippen LogP contribution in [0.4, 0.5) is 23.2 Å². The van der Waals surface area contributed by atoms with E-state index in [1.807, 2.05) is 0 Å². The standard InChI is InChI=1S/C31H27F4N5O6S/c1-29(28(36)42)15-46-26-21(29)13-23(39-25(26)16-4-6-19(32)7-5-16)30(43,31(33,34)35)14-38-27(41)18-11-17-3-2-10-37-24(17)22(12-18)40-47(44,45)20-8-9-20/h2-7,10-13,20,40,43H,8-9,14-15H2,1H3,(H2,36,42)(H,38,41)/t29-,30-/m0/s1. The Morgan fingerprint density at radius 1 is 1.13 bits per heavy atom. The number of primary amides is 1. The predicted octanol–water partition coefficient (Wildman–Crippen LogP) is 3.66. The number of ether oxygens (including phenoxy) is 1. The summed E-state index contributed by atoms with van der Waals surface area (Å²) >= 11 is 0. The van der Waals surface area contributed by atoms with Crippen LogP contribution in [0, 0.1) is 5.82 Å². The van der Waals surface area contributed by atoms with Crippen molar-refractivity contribution in [1.82, 2.24) is 15.3 Å². The topological polar surface area (TPSA) is 174 Å². The fourth-order valence-corrected chi connectivity index (χ4v) is 6.65. The van der Waals surface area contributed by atoms with Gasteiger partial charge in [0.25, 0.3) is 5.91 Å². The molecule has 1 saturated carbocycles. The quantitative estimate of drug-likeness (QED) is 0.195. The summed E-state index contributed by atoms with van der Waals surface area (Å²) in [6.07, 6.45) is -3.09. The number of carbonyl (C=O) groups excluding carboxylic acids is 2. The lowest BCUT2D eigenvalue weighted by Crippen LogP contribution is -2.51. The summed E-state index contributed by atoms with van der Waals surface area (Å²) in [5, 5.41) is 13.1. The third kappa shape index (κ3) is 5.71. The van der Waals surface area contributed by atoms with E-state index in [0.717, 1.165) is 24.3 Å². The van der Waals surface area contributed by atoms with Crippen LogP contribution in [0.2, 0.25) is 0 Å². The Balaban J connectivity index is 1.40. The smallest absolute Gasteiger partial charge is 0.424 e. The van der Waals surface area contributed by atoms with E-state index >= 15 is 0 Å². The average molecular weight is 674 g/mol. The summed E-state index contributed by atoms with van der Waals surface area (Å²) in [6, 6.07) is 11.0. The first-order valence-electron chi connectivity index (χ1n) is 14.3. The van der Waals surface area contributed by atoms with Gasteiger partial charge in [0, 0.05) is 28.3 Å². The van der Waals surface area contributed by atoms with Gasteiger partial charge in [0.1, 0.15) is 29.3 Å². The Kier molecular flexibility index (Phi) is 7.62. The number of anilines is 1. The van der Waals surface area contributed by atoms with Crippen LogP contribution in [0.15, 0.2) is 60.8 Å². The molecular weight excluding hydrogens is 646 g/mol. The van der Waals surface area contributed by atoms with Gasteiger partial charge in [-0.15, -0.1) is 0 Å². The molecule has 16 heteroatoms. The van der Waals surface area contributed by atoms with Gasteiger partial charge in [-0.25, -0.2) is 17.8 Å². The number of carbonyl (C=O) groups is 2. The van der Waals surface area contributed by atoms with E-state index in [1.165, 1.54) is 37.4 Å². The van der Waals surface area contributed by atoms with Crippen molar-refractivity contribution in [3.8, 4) is 17.0 Å². The van der Waals surface area contributed by atoms with Crippen molar-refractivity contribution in [3.05, 3.63) is 83.4 Å². The molecule has 2 aromatic heterocycles. The fraction of sp³-hybridized carbons (Fsp3) is 0.290. The number of alkyl halides is 3. The monoisotopic (exact) mass is 673 g/mol. The van der Waals surface area contributed by atoms with Crippen LogP contribution in [0.5, 0.6) is 5.75 Å². The molecule has 0 radical (unpaired) electrons. The molecule has 2 aliphatic rings. The molecule has 246 valence electrons. The molecule has 1 fully saturated rings. The summed E-state index contributed by atoms with van der Waals surface area (Å²) in [5.74, 6) is -2.69. The molecular formula is C31H27F4N5O6S. The third-order valence-electron chi connectivity index (χ3n) is 8.31. The molecule has 2 atom stereocenters. The molecule has 4 aromatic rings. The normalized spacial score (nSPS) is 19.0. The van der Waals surface area contributed by atoms with Crippen molar-refractivity contribution >= 4 is 38.4 Å². The van der Waals surface area contributed by atoms with Crippen LogP contribution in [-0.2, 0) is 25.8 Å². The predicted molar refractivity (Wildman–Crippen MR) is 161 cm³/mol. The van der Waals surface area contributed by atoms with Gasteiger partial charge in [0.2, 0.25) is 21.5 Å². The summed E-state index contributed by atoms with van der Waals surface area (Å²) in [5.41, 5.74) is -1.03. The average Bonchev–Trinajstić information content (AvgIpc) is 3.83. The number of sulfonamides is 1. The van der Waals surface area contributed by atoms with E-state index in [0.29, 0.717) is 18.2 Å². The highest BCUT2D eigenvalue weighted by Crippen LogP contribution is 2.47. The highest BCUT2D eigenvalue weighted by Gasteiger charge is 2.57. The van der Waals surface area contributed by atoms with E-state index in [2.05, 4.69) is 20.0 Å². The molecule has 2 aromatic carbocycles. The number of pyridine rings is 2. The summed E-state index contributed by atoms with van der Waals surface area (Å²) < 4.78 is 91.4. The van der Waals surface area contributed by atoms with Gasteiger partial charge in [-0.2, -0.15) is 13.2 Å². The molecule has 6 rings (SSSR count). The van der Waals surface area contributed by atoms with Crippen LogP contribution < -0.4 is 20.5 Å². The maximum atomic E-state index is 14.8. The maximum absolute atomic E-state index is 14.8. The Labute approximate surface area is 265 Å². The molecule has 5 N–H and O–H groups in total. The Morgan fingerprint density at radius 2 is 1.83 bits per heavy atom.